The van der Waals surface area contributed by atoms with Crippen LogP contribution in [0.15, 0.2) is 0 Å². The summed E-state index contributed by atoms with van der Waals surface area (Å²) < 4.78 is 23.3. The Kier molecular flexibility index (Phi) is 8.56. The molecule has 0 radical (unpaired) electrons. The van der Waals surface area contributed by atoms with Crippen LogP contribution < -0.4 is 16.4 Å². The molecule has 1 saturated heterocycles. The van der Waals surface area contributed by atoms with Gasteiger partial charge in [-0.2, -0.15) is 0 Å². The Morgan fingerprint density at radius 1 is 1.19 bits per heavy atom. The third-order valence-corrected chi connectivity index (χ3v) is 7.76. The van der Waals surface area contributed by atoms with Crippen LogP contribution in [0.1, 0.15) is 20.4 Å². The van der Waals surface area contributed by atoms with Crippen LogP contribution in [-0.4, -0.2) is 97.6 Å². The van der Waals surface area contributed by atoms with E-state index >= 15 is 0 Å². The average Bonchev–Trinajstić information content (AvgIpc) is 3.13. The zero-order valence-electron chi connectivity index (χ0n) is 17.3. The van der Waals surface area contributed by atoms with Crippen molar-refractivity contribution in [3.8, 4) is 0 Å². The molecule has 0 bridgehead atoms. The number of nitrogens with two attached hydrogens (primary N) is 1. The number of sulfone groups is 1. The molecule has 15 heteroatoms. The van der Waals surface area contributed by atoms with Crippen LogP contribution in [0.3, 0.4) is 0 Å². The van der Waals surface area contributed by atoms with Crippen LogP contribution in [0.2, 0.25) is 0 Å². The number of likely N-dealkylation sites (N-methyl/N-ethyl adjacent to an activating group) is 1. The zero-order valence-corrected chi connectivity index (χ0v) is 19.8. The first kappa shape index (κ1) is 26.0. The first-order valence-electron chi connectivity index (χ1n) is 9.60. The molecule has 3 heterocycles. The predicted molar refractivity (Wildman–Crippen MR) is 118 cm³/mol. The first-order valence-corrected chi connectivity index (χ1v) is 12.2. The summed E-state index contributed by atoms with van der Waals surface area (Å²) in [7, 11) is -1.24. The minimum Gasteiger partial charge on any atom is -0.361 e. The molecule has 1 aromatic rings. The molecule has 2 aliphatic rings. The molecule has 1 unspecified atom stereocenters. The highest BCUT2D eigenvalue weighted by Gasteiger charge is 2.32. The van der Waals surface area contributed by atoms with Crippen molar-refractivity contribution in [3.05, 3.63) is 15.6 Å². The second-order valence-corrected chi connectivity index (χ2v) is 10.8. The standard InChI is InChI=1S/C17H24N6O6S2.ClH/c1-22-3-2-10-12(9-22)30-16(21-10)15(26)20-11(8-19-14(25)13(18)24)17(27)23-4-6-31(28,29)7-5-23;/h11H,2-9H2,1H3,(H2,18,24)(H,19,25)(H,20,26);1H. The van der Waals surface area contributed by atoms with Crippen molar-refractivity contribution < 1.29 is 27.6 Å². The monoisotopic (exact) mass is 508 g/mol. The number of carbonyl (C=O) groups excluding carboxylic acids is 4. The molecule has 0 aromatic carbocycles. The lowest BCUT2D eigenvalue weighted by atomic mass is 10.2. The van der Waals surface area contributed by atoms with Gasteiger partial charge in [-0.05, 0) is 7.05 Å². The molecule has 4 N–H and O–H groups in total. The first-order chi connectivity index (χ1) is 14.6. The summed E-state index contributed by atoms with van der Waals surface area (Å²) in [5.74, 6) is -3.83. The van der Waals surface area contributed by atoms with Gasteiger partial charge in [0.2, 0.25) is 5.91 Å². The summed E-state index contributed by atoms with van der Waals surface area (Å²) in [5.41, 5.74) is 5.76. The number of amides is 4. The molecule has 1 atom stereocenters. The molecule has 2 aliphatic heterocycles. The van der Waals surface area contributed by atoms with Gasteiger partial charge in [-0.1, -0.05) is 0 Å². The summed E-state index contributed by atoms with van der Waals surface area (Å²) in [6.07, 6.45) is 0.717. The lowest BCUT2D eigenvalue weighted by Crippen LogP contribution is -2.57. The molecule has 1 fully saturated rings. The van der Waals surface area contributed by atoms with E-state index in [9.17, 15) is 27.6 Å². The molecule has 0 aliphatic carbocycles. The maximum absolute atomic E-state index is 12.9. The molecule has 32 heavy (non-hydrogen) atoms. The molecular weight excluding hydrogens is 484 g/mol. The summed E-state index contributed by atoms with van der Waals surface area (Å²) >= 11 is 1.24. The number of hydrogen-bond donors (Lipinski definition) is 3. The fraction of sp³-hybridized carbons (Fsp3) is 0.588. The van der Waals surface area contributed by atoms with Gasteiger partial charge in [-0.3, -0.25) is 19.2 Å². The van der Waals surface area contributed by atoms with Gasteiger partial charge in [0.25, 0.3) is 5.91 Å². The Morgan fingerprint density at radius 3 is 2.47 bits per heavy atom. The van der Waals surface area contributed by atoms with E-state index in [4.69, 9.17) is 5.73 Å². The fourth-order valence-corrected chi connectivity index (χ4v) is 5.57. The van der Waals surface area contributed by atoms with Crippen molar-refractivity contribution in [2.24, 2.45) is 5.73 Å². The van der Waals surface area contributed by atoms with Gasteiger partial charge in [-0.15, -0.1) is 23.7 Å². The number of fused-ring (bicyclic) bond motifs is 1. The number of rotatable bonds is 5. The summed E-state index contributed by atoms with van der Waals surface area (Å²) in [6.45, 7) is 1.10. The maximum atomic E-state index is 12.9. The lowest BCUT2D eigenvalue weighted by molar-refractivity contribution is -0.138. The van der Waals surface area contributed by atoms with Crippen LogP contribution in [-0.2, 0) is 37.2 Å². The molecule has 12 nitrogen and oxygen atoms in total. The van der Waals surface area contributed by atoms with Gasteiger partial charge in [0, 0.05) is 44.0 Å². The third-order valence-electron chi connectivity index (χ3n) is 5.07. The molecule has 0 saturated carbocycles. The second-order valence-electron chi connectivity index (χ2n) is 7.45. The topological polar surface area (TPSA) is 172 Å². The Bertz CT molecular complexity index is 999. The van der Waals surface area contributed by atoms with Gasteiger partial charge in [-0.25, -0.2) is 13.4 Å². The molecule has 3 rings (SSSR count). The summed E-state index contributed by atoms with van der Waals surface area (Å²) in [4.78, 5) is 57.0. The lowest BCUT2D eigenvalue weighted by Gasteiger charge is -2.30. The van der Waals surface area contributed by atoms with Crippen LogP contribution in [0, 0.1) is 0 Å². The van der Waals surface area contributed by atoms with Crippen molar-refractivity contribution in [2.45, 2.75) is 19.0 Å². The van der Waals surface area contributed by atoms with E-state index in [2.05, 4.69) is 20.5 Å². The largest absolute Gasteiger partial charge is 0.361 e. The van der Waals surface area contributed by atoms with Crippen LogP contribution in [0.4, 0.5) is 0 Å². The Morgan fingerprint density at radius 2 is 1.84 bits per heavy atom. The highest BCUT2D eigenvalue weighted by molar-refractivity contribution is 7.91. The number of hydrogen-bond acceptors (Lipinski definition) is 9. The highest BCUT2D eigenvalue weighted by atomic mass is 35.5. The maximum Gasteiger partial charge on any atom is 0.309 e. The average molecular weight is 509 g/mol. The van der Waals surface area contributed by atoms with E-state index < -0.39 is 39.5 Å². The smallest absolute Gasteiger partial charge is 0.309 e. The molecule has 178 valence electrons. The normalized spacial score (nSPS) is 18.6. The van der Waals surface area contributed by atoms with Crippen LogP contribution >= 0.6 is 23.7 Å². The number of primary amides is 1. The van der Waals surface area contributed by atoms with Gasteiger partial charge in [0.05, 0.1) is 17.2 Å². The van der Waals surface area contributed by atoms with Gasteiger partial charge in [0.1, 0.15) is 6.04 Å². The Labute approximate surface area is 195 Å². The zero-order chi connectivity index (χ0) is 22.8. The molecule has 0 spiro atoms. The van der Waals surface area contributed by atoms with E-state index in [0.29, 0.717) is 6.54 Å². The second kappa shape index (κ2) is 10.6. The summed E-state index contributed by atoms with van der Waals surface area (Å²) in [6, 6.07) is -1.21. The van der Waals surface area contributed by atoms with E-state index in [1.54, 1.807) is 0 Å². The van der Waals surface area contributed by atoms with Gasteiger partial charge < -0.3 is 26.2 Å². The van der Waals surface area contributed by atoms with Crippen molar-refractivity contribution in [1.29, 1.82) is 0 Å². The number of nitrogens with one attached hydrogen (secondary N) is 2. The SMILES string of the molecule is CN1CCc2nc(C(=O)NC(CNC(=O)C(N)=O)C(=O)N3CCS(=O)(=O)CC3)sc2C1.Cl. The van der Waals surface area contributed by atoms with Crippen molar-refractivity contribution in [3.63, 3.8) is 0 Å². The van der Waals surface area contributed by atoms with Crippen molar-refractivity contribution >= 4 is 57.2 Å². The molecule has 1 aromatic heterocycles. The van der Waals surface area contributed by atoms with Gasteiger partial charge >= 0.3 is 11.8 Å². The van der Waals surface area contributed by atoms with E-state index in [1.165, 1.54) is 16.2 Å². The number of aromatic nitrogens is 1. The molecule has 4 amide bonds. The van der Waals surface area contributed by atoms with Crippen LogP contribution in [0.5, 0.6) is 0 Å². The minimum absolute atomic E-state index is 0. The quantitative estimate of drug-likeness (QED) is 0.366. The third kappa shape index (κ3) is 6.37. The van der Waals surface area contributed by atoms with Crippen LogP contribution in [0.25, 0.3) is 0 Å². The van der Waals surface area contributed by atoms with Crippen molar-refractivity contribution in [2.75, 3.05) is 44.7 Å². The number of thiazole rings is 1. The van der Waals surface area contributed by atoms with E-state index in [1.807, 2.05) is 7.05 Å². The number of nitrogens with zero attached hydrogens (tertiary/aromatic N) is 3. The van der Waals surface area contributed by atoms with E-state index in [0.717, 1.165) is 23.5 Å². The van der Waals surface area contributed by atoms with Crippen molar-refractivity contribution in [1.82, 2.24) is 25.4 Å². The minimum atomic E-state index is -3.21. The van der Waals surface area contributed by atoms with Gasteiger partial charge in [0.15, 0.2) is 14.8 Å². The fourth-order valence-electron chi connectivity index (χ4n) is 3.28. The number of halogens is 1. The molecular formula is C17H25ClN6O6S2. The number of carbonyl (C=O) groups is 4. The predicted octanol–water partition coefficient (Wildman–Crippen LogP) is -2.49. The van der Waals surface area contributed by atoms with E-state index in [-0.39, 0.29) is 48.6 Å². The summed E-state index contributed by atoms with van der Waals surface area (Å²) in [5, 5.41) is 4.96. The Hall–Kier alpha value is -2.29. The highest BCUT2D eigenvalue weighted by Crippen LogP contribution is 2.24. The Balaban J connectivity index is 0.00000363.